The number of aliphatic carboxylic acids is 1. The fourth-order valence-electron chi connectivity index (χ4n) is 0.769. The molecule has 0 aromatic carbocycles. The normalized spacial score (nSPS) is 9.62. The largest absolute Gasteiger partial charge is 0.481 e. The van der Waals surface area contributed by atoms with Gasteiger partial charge in [-0.1, -0.05) is 11.6 Å². The highest BCUT2D eigenvalue weighted by atomic mass is 35.5. The molecule has 0 aliphatic heterocycles. The van der Waals surface area contributed by atoms with Crippen molar-refractivity contribution in [2.24, 2.45) is 0 Å². The topological polar surface area (TPSA) is 67.3 Å². The Hall–Kier alpha value is -1.42. The van der Waals surface area contributed by atoms with E-state index in [-0.39, 0.29) is 5.69 Å². The Balaban J connectivity index is 2.78. The zero-order valence-electron chi connectivity index (χ0n) is 6.53. The van der Waals surface area contributed by atoms with Crippen molar-refractivity contribution in [3.8, 4) is 0 Å². The van der Waals surface area contributed by atoms with Gasteiger partial charge in [0.25, 0.3) is 0 Å². The molecule has 0 bridgehead atoms. The molecule has 0 saturated heterocycles. The van der Waals surface area contributed by atoms with Crippen LogP contribution >= 0.6 is 11.6 Å². The third-order valence-corrected chi connectivity index (χ3v) is 1.55. The van der Waals surface area contributed by atoms with Gasteiger partial charge in [0.2, 0.25) is 0 Å². The highest BCUT2D eigenvalue weighted by Gasteiger charge is 2.11. The van der Waals surface area contributed by atoms with E-state index in [4.69, 9.17) is 16.7 Å². The molecule has 0 spiro atoms. The van der Waals surface area contributed by atoms with Gasteiger partial charge in [0.15, 0.2) is 5.78 Å². The number of rotatable bonds is 3. The Labute approximate surface area is 79.2 Å². The number of carbonyl (C=O) groups excluding carboxylic acids is 1. The Morgan fingerprint density at radius 3 is 2.62 bits per heavy atom. The Morgan fingerprint density at radius 1 is 1.46 bits per heavy atom. The van der Waals surface area contributed by atoms with Crippen LogP contribution in [0, 0.1) is 0 Å². The minimum absolute atomic E-state index is 0.117. The van der Waals surface area contributed by atoms with Crippen molar-refractivity contribution in [3.05, 3.63) is 29.0 Å². The molecule has 1 N–H and O–H groups in total. The molecule has 1 rings (SSSR count). The van der Waals surface area contributed by atoms with Crippen LogP contribution in [0.15, 0.2) is 18.3 Å². The zero-order valence-corrected chi connectivity index (χ0v) is 7.28. The first-order valence-corrected chi connectivity index (χ1v) is 3.84. The van der Waals surface area contributed by atoms with Crippen LogP contribution in [0.25, 0.3) is 0 Å². The van der Waals surface area contributed by atoms with E-state index in [2.05, 4.69) is 4.98 Å². The van der Waals surface area contributed by atoms with E-state index in [1.165, 1.54) is 18.3 Å². The van der Waals surface area contributed by atoms with Gasteiger partial charge in [-0.15, -0.1) is 0 Å². The lowest BCUT2D eigenvalue weighted by Gasteiger charge is -1.95. The Kier molecular flexibility index (Phi) is 2.97. The summed E-state index contributed by atoms with van der Waals surface area (Å²) in [5.41, 5.74) is 0.117. The Morgan fingerprint density at radius 2 is 2.15 bits per heavy atom. The molecule has 0 unspecified atom stereocenters. The van der Waals surface area contributed by atoms with Gasteiger partial charge in [-0.2, -0.15) is 0 Å². The van der Waals surface area contributed by atoms with Crippen LogP contribution in [0.1, 0.15) is 16.9 Å². The van der Waals surface area contributed by atoms with Crippen molar-refractivity contribution >= 4 is 23.4 Å². The first-order valence-electron chi connectivity index (χ1n) is 3.46. The molecule has 1 aromatic rings. The minimum Gasteiger partial charge on any atom is -0.481 e. The van der Waals surface area contributed by atoms with E-state index >= 15 is 0 Å². The van der Waals surface area contributed by atoms with E-state index in [0.29, 0.717) is 5.02 Å². The van der Waals surface area contributed by atoms with Gasteiger partial charge in [0.05, 0.1) is 5.02 Å². The lowest BCUT2D eigenvalue weighted by atomic mass is 10.2. The Bertz CT molecular complexity index is 334. The van der Waals surface area contributed by atoms with Crippen LogP contribution in [0.3, 0.4) is 0 Å². The number of halogens is 1. The number of ketones is 1. The second-order valence-electron chi connectivity index (χ2n) is 2.36. The van der Waals surface area contributed by atoms with Crippen LogP contribution in [-0.2, 0) is 4.79 Å². The number of carboxylic acid groups (broad SMARTS) is 1. The lowest BCUT2D eigenvalue weighted by molar-refractivity contribution is -0.135. The fraction of sp³-hybridized carbons (Fsp3) is 0.125. The number of nitrogens with zero attached hydrogens (tertiary/aromatic N) is 1. The van der Waals surface area contributed by atoms with Gasteiger partial charge in [-0.05, 0) is 12.1 Å². The molecule has 68 valence electrons. The third-order valence-electron chi connectivity index (χ3n) is 1.32. The van der Waals surface area contributed by atoms with Crippen molar-refractivity contribution in [3.63, 3.8) is 0 Å². The molecule has 0 fully saturated rings. The van der Waals surface area contributed by atoms with Gasteiger partial charge >= 0.3 is 5.97 Å². The summed E-state index contributed by atoms with van der Waals surface area (Å²) in [7, 11) is 0. The van der Waals surface area contributed by atoms with E-state index in [0.717, 1.165) is 0 Å². The van der Waals surface area contributed by atoms with E-state index in [1.807, 2.05) is 0 Å². The number of hydrogen-bond donors (Lipinski definition) is 1. The van der Waals surface area contributed by atoms with Gasteiger partial charge in [0.1, 0.15) is 12.1 Å². The fourth-order valence-corrected chi connectivity index (χ4v) is 0.880. The predicted molar refractivity (Wildman–Crippen MR) is 45.8 cm³/mol. The standard InChI is InChI=1S/C8H6ClNO3/c9-5-1-2-6(10-4-5)7(11)3-8(12)13/h1-2,4H,3H2,(H,12,13). The summed E-state index contributed by atoms with van der Waals surface area (Å²) in [5.74, 6) is -1.69. The van der Waals surface area contributed by atoms with Gasteiger partial charge in [0, 0.05) is 6.20 Å². The maximum absolute atomic E-state index is 11.1. The van der Waals surface area contributed by atoms with E-state index in [1.54, 1.807) is 0 Å². The van der Waals surface area contributed by atoms with Crippen molar-refractivity contribution in [1.29, 1.82) is 0 Å². The minimum atomic E-state index is -1.17. The van der Waals surface area contributed by atoms with E-state index in [9.17, 15) is 9.59 Å². The number of carboxylic acids is 1. The average Bonchev–Trinajstić information content (AvgIpc) is 2.04. The summed E-state index contributed by atoms with van der Waals surface area (Å²) in [6, 6.07) is 2.89. The summed E-state index contributed by atoms with van der Waals surface area (Å²) >= 11 is 5.53. The maximum atomic E-state index is 11.1. The highest BCUT2D eigenvalue weighted by molar-refractivity contribution is 6.30. The second kappa shape index (κ2) is 4.00. The molecule has 1 aromatic heterocycles. The van der Waals surface area contributed by atoms with Crippen molar-refractivity contribution in [2.75, 3.05) is 0 Å². The molecule has 0 aliphatic rings. The average molecular weight is 200 g/mol. The van der Waals surface area contributed by atoms with Crippen molar-refractivity contribution < 1.29 is 14.7 Å². The SMILES string of the molecule is O=C(O)CC(=O)c1ccc(Cl)cn1. The summed E-state index contributed by atoms with van der Waals surface area (Å²) in [6.45, 7) is 0. The summed E-state index contributed by atoms with van der Waals surface area (Å²) in [4.78, 5) is 24.9. The molecule has 1 heterocycles. The molecule has 0 saturated carbocycles. The van der Waals surface area contributed by atoms with Gasteiger partial charge in [-0.3, -0.25) is 14.6 Å². The second-order valence-corrected chi connectivity index (χ2v) is 2.79. The number of hydrogen-bond acceptors (Lipinski definition) is 3. The molecule has 5 heteroatoms. The first kappa shape index (κ1) is 9.67. The zero-order chi connectivity index (χ0) is 9.84. The van der Waals surface area contributed by atoms with Crippen LogP contribution in [-0.4, -0.2) is 21.8 Å². The van der Waals surface area contributed by atoms with Crippen LogP contribution < -0.4 is 0 Å². The van der Waals surface area contributed by atoms with Crippen LogP contribution in [0.2, 0.25) is 5.02 Å². The number of aromatic nitrogens is 1. The summed E-state index contributed by atoms with van der Waals surface area (Å²) in [6.07, 6.45) is 0.755. The van der Waals surface area contributed by atoms with Gasteiger partial charge < -0.3 is 5.11 Å². The smallest absolute Gasteiger partial charge is 0.311 e. The molecule has 0 amide bonds. The van der Waals surface area contributed by atoms with Crippen molar-refractivity contribution in [2.45, 2.75) is 6.42 Å². The monoisotopic (exact) mass is 199 g/mol. The van der Waals surface area contributed by atoms with Gasteiger partial charge in [-0.25, -0.2) is 0 Å². The maximum Gasteiger partial charge on any atom is 0.311 e. The number of Topliss-reactive ketones (excluding diaryl/α,β-unsaturated/α-hetero) is 1. The summed E-state index contributed by atoms with van der Waals surface area (Å²) in [5, 5.41) is 8.73. The molecule has 0 radical (unpaired) electrons. The highest BCUT2D eigenvalue weighted by Crippen LogP contribution is 2.07. The summed E-state index contributed by atoms with van der Waals surface area (Å²) < 4.78 is 0. The number of carbonyl (C=O) groups is 2. The predicted octanol–water partition coefficient (Wildman–Crippen LogP) is 1.39. The molecular formula is C8H6ClNO3. The van der Waals surface area contributed by atoms with Crippen LogP contribution in [0.4, 0.5) is 0 Å². The molecule has 0 atom stereocenters. The van der Waals surface area contributed by atoms with Crippen LogP contribution in [0.5, 0.6) is 0 Å². The quantitative estimate of drug-likeness (QED) is 0.590. The molecule has 4 nitrogen and oxygen atoms in total. The molecule has 13 heavy (non-hydrogen) atoms. The number of pyridine rings is 1. The lowest BCUT2D eigenvalue weighted by Crippen LogP contribution is -2.08. The first-order chi connectivity index (χ1) is 6.09. The molecule has 0 aliphatic carbocycles. The molecular weight excluding hydrogens is 194 g/mol. The van der Waals surface area contributed by atoms with Crippen molar-refractivity contribution in [1.82, 2.24) is 4.98 Å². The third kappa shape index (κ3) is 2.83. The van der Waals surface area contributed by atoms with E-state index < -0.39 is 18.2 Å².